The molecule has 1 rings (SSSR count). The SMILES string of the molecule is CC(C)n1ncc(N)c1NCCC(O)C(O)CO. The van der Waals surface area contributed by atoms with Crippen molar-refractivity contribution in [1.82, 2.24) is 9.78 Å². The summed E-state index contributed by atoms with van der Waals surface area (Å²) in [5, 5.41) is 34.6. The molecule has 1 aromatic heterocycles. The third kappa shape index (κ3) is 3.59. The average Bonchev–Trinajstić information content (AvgIpc) is 2.70. The quantitative estimate of drug-likeness (QED) is 0.453. The Labute approximate surface area is 106 Å². The molecule has 2 unspecified atom stereocenters. The Morgan fingerprint density at radius 2 is 2.06 bits per heavy atom. The summed E-state index contributed by atoms with van der Waals surface area (Å²) >= 11 is 0. The summed E-state index contributed by atoms with van der Waals surface area (Å²) < 4.78 is 1.75. The number of nitrogens with zero attached hydrogens (tertiary/aromatic N) is 2. The van der Waals surface area contributed by atoms with Gasteiger partial charge in [-0.15, -0.1) is 0 Å². The van der Waals surface area contributed by atoms with E-state index in [1.165, 1.54) is 0 Å². The van der Waals surface area contributed by atoms with Gasteiger partial charge in [0, 0.05) is 12.6 Å². The summed E-state index contributed by atoms with van der Waals surface area (Å²) in [5.74, 6) is 0.704. The number of hydrogen-bond donors (Lipinski definition) is 5. The summed E-state index contributed by atoms with van der Waals surface area (Å²) in [6.07, 6.45) is -0.190. The van der Waals surface area contributed by atoms with Crippen molar-refractivity contribution < 1.29 is 15.3 Å². The third-order valence-electron chi connectivity index (χ3n) is 2.68. The maximum atomic E-state index is 9.49. The van der Waals surface area contributed by atoms with Crippen molar-refractivity contribution in [2.45, 2.75) is 38.5 Å². The van der Waals surface area contributed by atoms with Crippen molar-refractivity contribution in [3.63, 3.8) is 0 Å². The Morgan fingerprint density at radius 1 is 1.39 bits per heavy atom. The van der Waals surface area contributed by atoms with Crippen LogP contribution in [0.15, 0.2) is 6.20 Å². The van der Waals surface area contributed by atoms with Crippen LogP contribution < -0.4 is 11.1 Å². The van der Waals surface area contributed by atoms with Gasteiger partial charge in [0.1, 0.15) is 11.9 Å². The molecule has 0 amide bonds. The van der Waals surface area contributed by atoms with Crippen LogP contribution in [0.5, 0.6) is 0 Å². The fraction of sp³-hybridized carbons (Fsp3) is 0.727. The molecule has 0 fully saturated rings. The van der Waals surface area contributed by atoms with E-state index in [2.05, 4.69) is 10.4 Å². The minimum atomic E-state index is -1.11. The predicted molar refractivity (Wildman–Crippen MR) is 69.2 cm³/mol. The number of hydrogen-bond acceptors (Lipinski definition) is 6. The molecule has 7 nitrogen and oxygen atoms in total. The lowest BCUT2D eigenvalue weighted by atomic mass is 10.1. The fourth-order valence-corrected chi connectivity index (χ4v) is 1.60. The molecule has 18 heavy (non-hydrogen) atoms. The number of nitrogens with one attached hydrogen (secondary N) is 1. The minimum Gasteiger partial charge on any atom is -0.394 e. The number of aliphatic hydroxyl groups is 3. The van der Waals surface area contributed by atoms with E-state index in [-0.39, 0.29) is 6.04 Å². The van der Waals surface area contributed by atoms with Crippen molar-refractivity contribution in [2.24, 2.45) is 0 Å². The highest BCUT2D eigenvalue weighted by atomic mass is 16.4. The number of nitrogen functional groups attached to an aromatic ring is 1. The third-order valence-corrected chi connectivity index (χ3v) is 2.68. The standard InChI is InChI=1S/C11H22N4O3/c1-7(2)15-11(8(12)5-14-15)13-4-3-9(17)10(18)6-16/h5,7,9-10,13,16-18H,3-4,6,12H2,1-2H3. The van der Waals surface area contributed by atoms with E-state index in [0.29, 0.717) is 24.5 Å². The Kier molecular flexibility index (Phi) is 5.39. The summed E-state index contributed by atoms with van der Waals surface area (Å²) in [7, 11) is 0. The van der Waals surface area contributed by atoms with Gasteiger partial charge < -0.3 is 26.4 Å². The van der Waals surface area contributed by atoms with E-state index in [0.717, 1.165) is 0 Å². The first-order chi connectivity index (χ1) is 8.47. The van der Waals surface area contributed by atoms with Gasteiger partial charge in [-0.2, -0.15) is 5.10 Å². The average molecular weight is 258 g/mol. The lowest BCUT2D eigenvalue weighted by Gasteiger charge is -2.17. The molecule has 0 aliphatic heterocycles. The fourth-order valence-electron chi connectivity index (χ4n) is 1.60. The monoisotopic (exact) mass is 258 g/mol. The summed E-state index contributed by atoms with van der Waals surface area (Å²) in [6, 6.07) is 0.178. The van der Waals surface area contributed by atoms with Crippen molar-refractivity contribution in [3.05, 3.63) is 6.20 Å². The van der Waals surface area contributed by atoms with E-state index >= 15 is 0 Å². The van der Waals surface area contributed by atoms with Crippen LogP contribution in [-0.4, -0.2) is 50.5 Å². The molecular weight excluding hydrogens is 236 g/mol. The highest BCUT2D eigenvalue weighted by Crippen LogP contribution is 2.21. The molecule has 0 aromatic carbocycles. The lowest BCUT2D eigenvalue weighted by Crippen LogP contribution is -2.31. The molecule has 104 valence electrons. The molecule has 2 atom stereocenters. The van der Waals surface area contributed by atoms with Gasteiger partial charge in [-0.1, -0.05) is 0 Å². The zero-order valence-corrected chi connectivity index (χ0v) is 10.7. The summed E-state index contributed by atoms with van der Waals surface area (Å²) in [4.78, 5) is 0. The number of anilines is 2. The van der Waals surface area contributed by atoms with Gasteiger partial charge in [-0.3, -0.25) is 0 Å². The molecule has 6 N–H and O–H groups in total. The largest absolute Gasteiger partial charge is 0.394 e. The number of nitrogens with two attached hydrogens (primary N) is 1. The number of aliphatic hydroxyl groups excluding tert-OH is 3. The van der Waals surface area contributed by atoms with Gasteiger partial charge in [0.2, 0.25) is 0 Å². The van der Waals surface area contributed by atoms with Crippen LogP contribution in [0.4, 0.5) is 11.5 Å². The molecule has 0 bridgehead atoms. The van der Waals surface area contributed by atoms with Crippen molar-refractivity contribution in [2.75, 3.05) is 24.2 Å². The molecule has 0 aliphatic rings. The van der Waals surface area contributed by atoms with Crippen LogP contribution in [0.25, 0.3) is 0 Å². The van der Waals surface area contributed by atoms with Crippen LogP contribution in [0.1, 0.15) is 26.3 Å². The second kappa shape index (κ2) is 6.58. The second-order valence-corrected chi connectivity index (χ2v) is 4.52. The number of rotatable bonds is 7. The molecule has 7 heteroatoms. The van der Waals surface area contributed by atoms with E-state index in [4.69, 9.17) is 10.8 Å². The molecular formula is C11H22N4O3. The zero-order valence-electron chi connectivity index (χ0n) is 10.7. The molecule has 0 radical (unpaired) electrons. The Bertz CT molecular complexity index is 367. The number of aromatic nitrogens is 2. The molecule has 0 saturated carbocycles. The summed E-state index contributed by atoms with van der Waals surface area (Å²) in [5.41, 5.74) is 6.33. The maximum absolute atomic E-state index is 9.49. The first kappa shape index (κ1) is 14.7. The van der Waals surface area contributed by atoms with Gasteiger partial charge in [0.15, 0.2) is 0 Å². The first-order valence-electron chi connectivity index (χ1n) is 6.01. The van der Waals surface area contributed by atoms with E-state index in [1.807, 2.05) is 13.8 Å². The van der Waals surface area contributed by atoms with Crippen LogP contribution >= 0.6 is 0 Å². The Balaban J connectivity index is 2.51. The first-order valence-corrected chi connectivity index (χ1v) is 6.01. The van der Waals surface area contributed by atoms with Gasteiger partial charge in [0.05, 0.1) is 24.6 Å². The van der Waals surface area contributed by atoms with Crippen LogP contribution in [0.3, 0.4) is 0 Å². The van der Waals surface area contributed by atoms with E-state index in [9.17, 15) is 10.2 Å². The van der Waals surface area contributed by atoms with Crippen LogP contribution in [-0.2, 0) is 0 Å². The highest BCUT2D eigenvalue weighted by Gasteiger charge is 2.15. The van der Waals surface area contributed by atoms with E-state index in [1.54, 1.807) is 10.9 Å². The normalized spacial score (nSPS) is 14.8. The molecule has 0 aliphatic carbocycles. The van der Waals surface area contributed by atoms with Crippen molar-refractivity contribution in [3.8, 4) is 0 Å². The van der Waals surface area contributed by atoms with Crippen molar-refractivity contribution >= 4 is 11.5 Å². The second-order valence-electron chi connectivity index (χ2n) is 4.52. The molecule has 0 spiro atoms. The van der Waals surface area contributed by atoms with Gasteiger partial charge in [-0.05, 0) is 20.3 Å². The topological polar surface area (TPSA) is 117 Å². The minimum absolute atomic E-state index is 0.178. The Morgan fingerprint density at radius 3 is 2.61 bits per heavy atom. The lowest BCUT2D eigenvalue weighted by molar-refractivity contribution is -0.0158. The molecule has 0 saturated heterocycles. The zero-order chi connectivity index (χ0) is 13.7. The van der Waals surface area contributed by atoms with Gasteiger partial charge in [-0.25, -0.2) is 4.68 Å². The van der Waals surface area contributed by atoms with Gasteiger partial charge in [0.25, 0.3) is 0 Å². The smallest absolute Gasteiger partial charge is 0.147 e. The highest BCUT2D eigenvalue weighted by molar-refractivity contribution is 5.60. The predicted octanol–water partition coefficient (Wildman–Crippen LogP) is -0.438. The maximum Gasteiger partial charge on any atom is 0.147 e. The summed E-state index contributed by atoms with van der Waals surface area (Å²) in [6.45, 7) is 3.96. The molecule has 1 heterocycles. The van der Waals surface area contributed by atoms with E-state index < -0.39 is 18.8 Å². The molecule has 1 aromatic rings. The van der Waals surface area contributed by atoms with Gasteiger partial charge >= 0.3 is 0 Å². The van der Waals surface area contributed by atoms with Crippen LogP contribution in [0, 0.1) is 0 Å². The van der Waals surface area contributed by atoms with Crippen LogP contribution in [0.2, 0.25) is 0 Å². The Hall–Kier alpha value is -1.31. The van der Waals surface area contributed by atoms with Crippen molar-refractivity contribution in [1.29, 1.82) is 0 Å².